The van der Waals surface area contributed by atoms with Crippen molar-refractivity contribution in [2.24, 2.45) is 0 Å². The maximum atomic E-state index is 12.5. The molecule has 0 radical (unpaired) electrons. The van der Waals surface area contributed by atoms with Crippen LogP contribution in [-0.4, -0.2) is 13.0 Å². The van der Waals surface area contributed by atoms with Gasteiger partial charge in [0.25, 0.3) is 0 Å². The minimum absolute atomic E-state index is 0. The van der Waals surface area contributed by atoms with E-state index in [-0.39, 0.29) is 24.2 Å². The van der Waals surface area contributed by atoms with Crippen LogP contribution in [0.2, 0.25) is 0 Å². The SMILES string of the molecule is CNCc1ccc(NC(=O)C2CCCc3sccc32)cc1.Cl. The average Bonchev–Trinajstić information content (AvgIpc) is 2.98. The largest absolute Gasteiger partial charge is 0.326 e. The lowest BCUT2D eigenvalue weighted by Gasteiger charge is -2.21. The topological polar surface area (TPSA) is 41.1 Å². The predicted molar refractivity (Wildman–Crippen MR) is 95.1 cm³/mol. The summed E-state index contributed by atoms with van der Waals surface area (Å²) < 4.78 is 0. The number of hydrogen-bond donors (Lipinski definition) is 2. The molecule has 1 atom stereocenters. The summed E-state index contributed by atoms with van der Waals surface area (Å²) in [5, 5.41) is 8.27. The fraction of sp³-hybridized carbons (Fsp3) is 0.353. The Bertz CT molecular complexity index is 624. The second-order valence-corrected chi connectivity index (χ2v) is 6.46. The van der Waals surface area contributed by atoms with E-state index in [9.17, 15) is 4.79 Å². The van der Waals surface area contributed by atoms with Crippen LogP contribution in [0.1, 0.15) is 34.8 Å². The molecule has 1 unspecified atom stereocenters. The Labute approximate surface area is 141 Å². The highest BCUT2D eigenvalue weighted by Crippen LogP contribution is 2.35. The number of fused-ring (bicyclic) bond motifs is 1. The minimum atomic E-state index is 0. The number of halogens is 1. The van der Waals surface area contributed by atoms with Crippen LogP contribution in [0, 0.1) is 0 Å². The van der Waals surface area contributed by atoms with Crippen molar-refractivity contribution in [3.63, 3.8) is 0 Å². The van der Waals surface area contributed by atoms with Crippen LogP contribution in [0.4, 0.5) is 5.69 Å². The van der Waals surface area contributed by atoms with E-state index in [0.717, 1.165) is 31.5 Å². The lowest BCUT2D eigenvalue weighted by atomic mass is 9.87. The number of hydrogen-bond acceptors (Lipinski definition) is 3. The number of nitrogens with one attached hydrogen (secondary N) is 2. The van der Waals surface area contributed by atoms with Gasteiger partial charge in [-0.25, -0.2) is 0 Å². The molecule has 2 aromatic rings. The summed E-state index contributed by atoms with van der Waals surface area (Å²) >= 11 is 1.77. The van der Waals surface area contributed by atoms with Crippen molar-refractivity contribution < 1.29 is 4.79 Å². The lowest BCUT2D eigenvalue weighted by Crippen LogP contribution is -2.23. The molecule has 0 fully saturated rings. The highest BCUT2D eigenvalue weighted by atomic mass is 35.5. The Kier molecular flexibility index (Phi) is 6.00. The average molecular weight is 337 g/mol. The molecular formula is C17H21ClN2OS. The number of carbonyl (C=O) groups excluding carboxylic acids is 1. The summed E-state index contributed by atoms with van der Waals surface area (Å²) in [5.74, 6) is 0.132. The van der Waals surface area contributed by atoms with Crippen LogP contribution >= 0.6 is 23.7 Å². The van der Waals surface area contributed by atoms with Crippen molar-refractivity contribution in [3.05, 3.63) is 51.7 Å². The van der Waals surface area contributed by atoms with Crippen LogP contribution in [0.5, 0.6) is 0 Å². The molecule has 0 saturated heterocycles. The molecule has 0 aliphatic heterocycles. The van der Waals surface area contributed by atoms with Gasteiger partial charge in [-0.2, -0.15) is 0 Å². The maximum absolute atomic E-state index is 12.5. The molecule has 1 aliphatic rings. The first-order valence-corrected chi connectivity index (χ1v) is 8.26. The molecule has 1 aliphatic carbocycles. The van der Waals surface area contributed by atoms with E-state index < -0.39 is 0 Å². The maximum Gasteiger partial charge on any atom is 0.231 e. The molecule has 22 heavy (non-hydrogen) atoms. The molecule has 3 rings (SSSR count). The molecule has 2 N–H and O–H groups in total. The minimum Gasteiger partial charge on any atom is -0.326 e. The Hall–Kier alpha value is -1.36. The number of thiophene rings is 1. The Morgan fingerprint density at radius 2 is 2.05 bits per heavy atom. The molecule has 0 saturated carbocycles. The first-order chi connectivity index (χ1) is 10.3. The van der Waals surface area contributed by atoms with E-state index in [2.05, 4.69) is 22.1 Å². The van der Waals surface area contributed by atoms with Crippen molar-refractivity contribution in [3.8, 4) is 0 Å². The van der Waals surface area contributed by atoms with Crippen molar-refractivity contribution in [2.75, 3.05) is 12.4 Å². The van der Waals surface area contributed by atoms with Gasteiger partial charge in [-0.1, -0.05) is 12.1 Å². The predicted octanol–water partition coefficient (Wildman–Crippen LogP) is 3.95. The molecule has 0 spiro atoms. The fourth-order valence-corrected chi connectivity index (χ4v) is 3.89. The van der Waals surface area contributed by atoms with Crippen LogP contribution in [-0.2, 0) is 17.8 Å². The normalized spacial score (nSPS) is 16.5. The third kappa shape index (κ3) is 3.69. The molecule has 0 bridgehead atoms. The molecule has 1 aromatic heterocycles. The second-order valence-electron chi connectivity index (χ2n) is 5.46. The number of rotatable bonds is 4. The molecule has 1 heterocycles. The van der Waals surface area contributed by atoms with Crippen molar-refractivity contribution in [1.29, 1.82) is 0 Å². The van der Waals surface area contributed by atoms with Crippen molar-refractivity contribution in [2.45, 2.75) is 31.7 Å². The number of anilines is 1. The second kappa shape index (κ2) is 7.77. The Morgan fingerprint density at radius 1 is 1.27 bits per heavy atom. The summed E-state index contributed by atoms with van der Waals surface area (Å²) in [6.07, 6.45) is 3.18. The van der Waals surface area contributed by atoms with E-state index in [4.69, 9.17) is 0 Å². The zero-order valence-corrected chi connectivity index (χ0v) is 14.2. The zero-order chi connectivity index (χ0) is 14.7. The number of carbonyl (C=O) groups is 1. The smallest absolute Gasteiger partial charge is 0.231 e. The van der Waals surface area contributed by atoms with Gasteiger partial charge in [-0.3, -0.25) is 4.79 Å². The Morgan fingerprint density at radius 3 is 2.77 bits per heavy atom. The van der Waals surface area contributed by atoms with E-state index in [1.807, 2.05) is 31.3 Å². The monoisotopic (exact) mass is 336 g/mol. The van der Waals surface area contributed by atoms with Gasteiger partial charge in [0.05, 0.1) is 5.92 Å². The summed E-state index contributed by atoms with van der Waals surface area (Å²) in [7, 11) is 1.93. The third-order valence-corrected chi connectivity index (χ3v) is 4.97. The first-order valence-electron chi connectivity index (χ1n) is 7.38. The van der Waals surface area contributed by atoms with E-state index in [1.165, 1.54) is 16.0 Å². The van der Waals surface area contributed by atoms with Gasteiger partial charge in [0.2, 0.25) is 5.91 Å². The van der Waals surface area contributed by atoms with E-state index in [1.54, 1.807) is 11.3 Å². The number of amides is 1. The zero-order valence-electron chi connectivity index (χ0n) is 12.6. The van der Waals surface area contributed by atoms with Gasteiger partial charge in [0.15, 0.2) is 0 Å². The van der Waals surface area contributed by atoms with Gasteiger partial charge < -0.3 is 10.6 Å². The third-order valence-electron chi connectivity index (χ3n) is 3.97. The van der Waals surface area contributed by atoms with Gasteiger partial charge in [-0.15, -0.1) is 23.7 Å². The van der Waals surface area contributed by atoms with Gasteiger partial charge >= 0.3 is 0 Å². The van der Waals surface area contributed by atoms with E-state index in [0.29, 0.717) is 0 Å². The molecule has 5 heteroatoms. The quantitative estimate of drug-likeness (QED) is 0.887. The standard InChI is InChI=1S/C17H20N2OS.ClH/c1-18-11-12-5-7-13(8-6-12)19-17(20)15-3-2-4-16-14(15)9-10-21-16;/h5-10,15,18H,2-4,11H2,1H3,(H,19,20);1H. The summed E-state index contributed by atoms with van der Waals surface area (Å²) in [4.78, 5) is 13.9. The molecule has 1 amide bonds. The number of aryl methyl sites for hydroxylation is 1. The Balaban J connectivity index is 0.00000176. The molecule has 3 nitrogen and oxygen atoms in total. The van der Waals surface area contributed by atoms with Crippen molar-refractivity contribution >= 4 is 35.3 Å². The van der Waals surface area contributed by atoms with Gasteiger partial charge in [0.1, 0.15) is 0 Å². The highest BCUT2D eigenvalue weighted by Gasteiger charge is 2.27. The summed E-state index contributed by atoms with van der Waals surface area (Å²) in [5.41, 5.74) is 3.33. The molecule has 118 valence electrons. The van der Waals surface area contributed by atoms with Gasteiger partial charge in [0, 0.05) is 17.1 Å². The fourth-order valence-electron chi connectivity index (χ4n) is 2.90. The lowest BCUT2D eigenvalue weighted by molar-refractivity contribution is -0.117. The van der Waals surface area contributed by atoms with Crippen LogP contribution in [0.3, 0.4) is 0 Å². The summed E-state index contributed by atoms with van der Waals surface area (Å²) in [6.45, 7) is 0.842. The van der Waals surface area contributed by atoms with Crippen LogP contribution in [0.25, 0.3) is 0 Å². The van der Waals surface area contributed by atoms with E-state index >= 15 is 0 Å². The number of benzene rings is 1. The van der Waals surface area contributed by atoms with Crippen molar-refractivity contribution in [1.82, 2.24) is 5.32 Å². The first kappa shape index (κ1) is 17.0. The van der Waals surface area contributed by atoms with Gasteiger partial charge in [-0.05, 0) is 61.0 Å². The van der Waals surface area contributed by atoms with Crippen LogP contribution in [0.15, 0.2) is 35.7 Å². The summed E-state index contributed by atoms with van der Waals surface area (Å²) in [6, 6.07) is 10.1. The molecule has 1 aromatic carbocycles. The molecular weight excluding hydrogens is 316 g/mol. The highest BCUT2D eigenvalue weighted by molar-refractivity contribution is 7.10. The van der Waals surface area contributed by atoms with Crippen LogP contribution < -0.4 is 10.6 Å².